The predicted molar refractivity (Wildman–Crippen MR) is 90.7 cm³/mol. The monoisotopic (exact) mass is 350 g/mol. The van der Waals surface area contributed by atoms with Crippen molar-refractivity contribution in [3.8, 4) is 0 Å². The standard InChI is InChI=1S/C15H22N6O4/c1-7(2)3-4-17-12-9-13(19-6-18-12)21(15(16)20-9)14-11(24)10(23)8(5-22)25-14/h3,6,8,10-11,14,22-24H,4-5H2,1-2H3,(H2,16,20)(H,17,18,19)/t8-,10-,11-,14-/m1/s1. The van der Waals surface area contributed by atoms with Gasteiger partial charge >= 0.3 is 0 Å². The van der Waals surface area contributed by atoms with E-state index in [1.807, 2.05) is 19.9 Å². The second-order valence-corrected chi connectivity index (χ2v) is 6.13. The van der Waals surface area contributed by atoms with Crippen LogP contribution in [0.5, 0.6) is 0 Å². The second-order valence-electron chi connectivity index (χ2n) is 6.13. The molecular weight excluding hydrogens is 328 g/mol. The number of aromatic nitrogens is 4. The Kier molecular flexibility index (Phi) is 4.86. The second kappa shape index (κ2) is 6.92. The average Bonchev–Trinajstić information content (AvgIpc) is 3.05. The van der Waals surface area contributed by atoms with Crippen molar-refractivity contribution in [2.75, 3.05) is 24.2 Å². The number of aliphatic hydroxyl groups is 3. The third-order valence-electron chi connectivity index (χ3n) is 4.06. The molecule has 1 aliphatic rings. The van der Waals surface area contributed by atoms with Crippen molar-refractivity contribution in [3.05, 3.63) is 18.0 Å². The van der Waals surface area contributed by atoms with Crippen LogP contribution in [0, 0.1) is 0 Å². The summed E-state index contributed by atoms with van der Waals surface area (Å²) in [6, 6.07) is 0. The number of nitrogens with two attached hydrogens (primary N) is 1. The SMILES string of the molecule is CC(C)=CCNc1ncnc2c1nc(N)n2[C@@H]1O[C@H](CO)[C@@H](O)[C@H]1O. The molecule has 2 aromatic heterocycles. The summed E-state index contributed by atoms with van der Waals surface area (Å²) in [7, 11) is 0. The van der Waals surface area contributed by atoms with E-state index in [2.05, 4.69) is 20.3 Å². The number of nitrogens with one attached hydrogen (secondary N) is 1. The predicted octanol–water partition coefficient (Wildman–Crippen LogP) is -0.602. The van der Waals surface area contributed by atoms with E-state index < -0.39 is 31.1 Å². The first-order valence-corrected chi connectivity index (χ1v) is 7.92. The Balaban J connectivity index is 1.98. The topological polar surface area (TPSA) is 152 Å². The van der Waals surface area contributed by atoms with Crippen LogP contribution in [0.4, 0.5) is 11.8 Å². The van der Waals surface area contributed by atoms with Crippen LogP contribution >= 0.6 is 0 Å². The van der Waals surface area contributed by atoms with Crippen LogP contribution in [0.1, 0.15) is 20.1 Å². The molecule has 3 rings (SSSR count). The van der Waals surface area contributed by atoms with Gasteiger partial charge < -0.3 is 31.1 Å². The van der Waals surface area contributed by atoms with E-state index in [0.29, 0.717) is 23.5 Å². The van der Waals surface area contributed by atoms with Gasteiger partial charge in [0.2, 0.25) is 5.95 Å². The number of ether oxygens (including phenoxy) is 1. The fraction of sp³-hybridized carbons (Fsp3) is 0.533. The third kappa shape index (κ3) is 3.16. The maximum Gasteiger partial charge on any atom is 0.204 e. The molecule has 1 fully saturated rings. The van der Waals surface area contributed by atoms with Crippen molar-refractivity contribution < 1.29 is 20.1 Å². The fourth-order valence-corrected chi connectivity index (χ4v) is 2.75. The summed E-state index contributed by atoms with van der Waals surface area (Å²) in [6.45, 7) is 4.12. The van der Waals surface area contributed by atoms with Crippen LogP contribution in [-0.4, -0.2) is 66.3 Å². The molecule has 0 amide bonds. The largest absolute Gasteiger partial charge is 0.394 e. The Hall–Kier alpha value is -2.27. The zero-order chi connectivity index (χ0) is 18.1. The maximum absolute atomic E-state index is 10.2. The molecule has 1 saturated heterocycles. The van der Waals surface area contributed by atoms with Gasteiger partial charge in [0.15, 0.2) is 23.2 Å². The van der Waals surface area contributed by atoms with Crippen molar-refractivity contribution >= 4 is 22.9 Å². The molecule has 1 aliphatic heterocycles. The number of anilines is 2. The lowest BCUT2D eigenvalue weighted by atomic mass is 10.1. The average molecular weight is 350 g/mol. The van der Waals surface area contributed by atoms with E-state index in [4.69, 9.17) is 10.5 Å². The van der Waals surface area contributed by atoms with E-state index in [9.17, 15) is 15.3 Å². The number of allylic oxidation sites excluding steroid dienone is 1. The van der Waals surface area contributed by atoms with E-state index in [1.165, 1.54) is 10.9 Å². The first-order valence-electron chi connectivity index (χ1n) is 7.92. The smallest absolute Gasteiger partial charge is 0.204 e. The van der Waals surface area contributed by atoms with Crippen molar-refractivity contribution in [3.63, 3.8) is 0 Å². The van der Waals surface area contributed by atoms with Crippen molar-refractivity contribution in [2.45, 2.75) is 38.4 Å². The number of rotatable bonds is 5. The van der Waals surface area contributed by atoms with Crippen molar-refractivity contribution in [1.29, 1.82) is 0 Å². The van der Waals surface area contributed by atoms with Crippen LogP contribution in [0.15, 0.2) is 18.0 Å². The Bertz CT molecular complexity index is 788. The number of aliphatic hydroxyl groups excluding tert-OH is 3. The first-order chi connectivity index (χ1) is 11.9. The van der Waals surface area contributed by atoms with E-state index in [-0.39, 0.29) is 5.95 Å². The minimum atomic E-state index is -1.27. The van der Waals surface area contributed by atoms with Crippen LogP contribution < -0.4 is 11.1 Å². The number of nitrogens with zero attached hydrogens (tertiary/aromatic N) is 4. The molecule has 10 heteroatoms. The van der Waals surface area contributed by atoms with Gasteiger partial charge in [-0.25, -0.2) is 15.0 Å². The summed E-state index contributed by atoms with van der Waals surface area (Å²) in [5.74, 6) is 0.565. The quantitative estimate of drug-likeness (QED) is 0.445. The lowest BCUT2D eigenvalue weighted by molar-refractivity contribution is -0.0500. The Morgan fingerprint density at radius 2 is 2.12 bits per heavy atom. The van der Waals surface area contributed by atoms with Crippen LogP contribution in [0.25, 0.3) is 11.2 Å². The van der Waals surface area contributed by atoms with Gasteiger partial charge in [-0.3, -0.25) is 4.57 Å². The molecule has 6 N–H and O–H groups in total. The zero-order valence-electron chi connectivity index (χ0n) is 14.0. The molecule has 10 nitrogen and oxygen atoms in total. The molecule has 0 spiro atoms. The van der Waals surface area contributed by atoms with Gasteiger partial charge in [0, 0.05) is 6.54 Å². The molecule has 0 aromatic carbocycles. The highest BCUT2D eigenvalue weighted by atomic mass is 16.6. The third-order valence-corrected chi connectivity index (χ3v) is 4.06. The van der Waals surface area contributed by atoms with E-state index in [1.54, 1.807) is 0 Å². The lowest BCUT2D eigenvalue weighted by Crippen LogP contribution is -2.33. The van der Waals surface area contributed by atoms with Crippen LogP contribution in [-0.2, 0) is 4.74 Å². The van der Waals surface area contributed by atoms with Gasteiger partial charge in [-0.05, 0) is 13.8 Å². The zero-order valence-corrected chi connectivity index (χ0v) is 14.0. The van der Waals surface area contributed by atoms with Crippen molar-refractivity contribution in [2.24, 2.45) is 0 Å². The van der Waals surface area contributed by atoms with E-state index >= 15 is 0 Å². The molecule has 136 valence electrons. The minimum absolute atomic E-state index is 0.0654. The molecule has 0 bridgehead atoms. The molecule has 2 aromatic rings. The normalized spacial score (nSPS) is 26.1. The summed E-state index contributed by atoms with van der Waals surface area (Å²) >= 11 is 0. The molecular formula is C15H22N6O4. The number of nitrogen functional groups attached to an aromatic ring is 1. The lowest BCUT2D eigenvalue weighted by Gasteiger charge is -2.17. The van der Waals surface area contributed by atoms with Gasteiger partial charge in [0.05, 0.1) is 6.61 Å². The summed E-state index contributed by atoms with van der Waals surface area (Å²) in [4.78, 5) is 12.6. The molecule has 0 unspecified atom stereocenters. The molecule has 25 heavy (non-hydrogen) atoms. The Labute approximate surface area is 144 Å². The number of hydrogen-bond donors (Lipinski definition) is 5. The van der Waals surface area contributed by atoms with E-state index in [0.717, 1.165) is 5.57 Å². The maximum atomic E-state index is 10.2. The van der Waals surface area contributed by atoms with Gasteiger partial charge in [-0.2, -0.15) is 0 Å². The first kappa shape index (κ1) is 17.5. The number of hydrogen-bond acceptors (Lipinski definition) is 9. The highest BCUT2D eigenvalue weighted by molar-refractivity contribution is 5.85. The Morgan fingerprint density at radius 1 is 1.36 bits per heavy atom. The van der Waals surface area contributed by atoms with Crippen molar-refractivity contribution in [1.82, 2.24) is 19.5 Å². The van der Waals surface area contributed by atoms with Gasteiger partial charge in [0.25, 0.3) is 0 Å². The van der Waals surface area contributed by atoms with Crippen LogP contribution in [0.2, 0.25) is 0 Å². The number of fused-ring (bicyclic) bond motifs is 1. The summed E-state index contributed by atoms with van der Waals surface area (Å²) in [5.41, 5.74) is 7.94. The molecule has 0 aliphatic carbocycles. The molecule has 0 saturated carbocycles. The molecule has 0 radical (unpaired) electrons. The van der Waals surface area contributed by atoms with Crippen LogP contribution in [0.3, 0.4) is 0 Å². The summed E-state index contributed by atoms with van der Waals surface area (Å²) in [5, 5.41) is 32.6. The Morgan fingerprint density at radius 3 is 2.76 bits per heavy atom. The summed E-state index contributed by atoms with van der Waals surface area (Å²) in [6.07, 6.45) is -1.06. The van der Waals surface area contributed by atoms with Gasteiger partial charge in [-0.15, -0.1) is 0 Å². The molecule has 4 atom stereocenters. The number of imidazole rings is 1. The van der Waals surface area contributed by atoms with Gasteiger partial charge in [-0.1, -0.05) is 11.6 Å². The highest BCUT2D eigenvalue weighted by Crippen LogP contribution is 2.34. The fourth-order valence-electron chi connectivity index (χ4n) is 2.75. The minimum Gasteiger partial charge on any atom is -0.394 e. The summed E-state index contributed by atoms with van der Waals surface area (Å²) < 4.78 is 6.92. The highest BCUT2D eigenvalue weighted by Gasteiger charge is 2.44. The molecule has 3 heterocycles. The van der Waals surface area contributed by atoms with Gasteiger partial charge in [0.1, 0.15) is 24.6 Å².